The molecule has 0 spiro atoms. The molecule has 14 nitrogen and oxygen atoms in total. The van der Waals surface area contributed by atoms with E-state index >= 15 is 0 Å². The van der Waals surface area contributed by atoms with Crippen LogP contribution in [0.1, 0.15) is 91.3 Å². The van der Waals surface area contributed by atoms with Gasteiger partial charge >= 0.3 is 23.9 Å². The molecule has 0 saturated heterocycles. The molecule has 8 N–H and O–H groups in total. The third kappa shape index (κ3) is 7.44. The molecular formula is C38H45N5O9. The van der Waals surface area contributed by atoms with Crippen molar-refractivity contribution in [1.82, 2.24) is 20.8 Å². The fraction of sp³-hybridized carbons (Fsp3) is 0.395. The lowest BCUT2D eigenvalue weighted by Gasteiger charge is -2.20. The summed E-state index contributed by atoms with van der Waals surface area (Å²) in [6.45, 7) is 13.7. The zero-order chi connectivity index (χ0) is 38.0. The molecule has 3 aliphatic rings. The molecule has 8 bridgehead atoms. The van der Waals surface area contributed by atoms with Crippen LogP contribution in [0.15, 0.2) is 34.1 Å². The number of carbonyl (C=O) groups is 4. The first-order valence-electron chi connectivity index (χ1n) is 17.2. The minimum absolute atomic E-state index is 0.0187. The molecular weight excluding hydrogens is 670 g/mol. The highest BCUT2D eigenvalue weighted by Crippen LogP contribution is 2.39. The van der Waals surface area contributed by atoms with E-state index in [2.05, 4.69) is 47.3 Å². The molecule has 0 aromatic carbocycles. The Morgan fingerprint density at radius 1 is 1.04 bits per heavy atom. The second-order valence-corrected chi connectivity index (χ2v) is 13.3. The summed E-state index contributed by atoms with van der Waals surface area (Å²) in [6, 6.07) is -1.78. The van der Waals surface area contributed by atoms with Crippen molar-refractivity contribution >= 4 is 59.5 Å². The lowest BCUT2D eigenvalue weighted by Crippen LogP contribution is -2.39. The van der Waals surface area contributed by atoms with Crippen LogP contribution in [-0.2, 0) is 19.2 Å². The van der Waals surface area contributed by atoms with E-state index in [4.69, 9.17) is 14.9 Å². The highest BCUT2D eigenvalue weighted by molar-refractivity contribution is 6.22. The lowest BCUT2D eigenvalue weighted by atomic mass is 9.83. The first kappa shape index (κ1) is 37.8. The number of aromatic nitrogens is 2. The fourth-order valence-electron chi connectivity index (χ4n) is 7.39. The van der Waals surface area contributed by atoms with Gasteiger partial charge in [0.2, 0.25) is 0 Å². The van der Waals surface area contributed by atoms with Gasteiger partial charge in [-0.2, -0.15) is 5.48 Å². The Hall–Kier alpha value is -5.47. The molecule has 0 amide bonds. The van der Waals surface area contributed by atoms with Crippen LogP contribution in [0.25, 0.3) is 29.9 Å². The summed E-state index contributed by atoms with van der Waals surface area (Å²) < 4.78 is 0. The SMILES string of the molecule is C=Cc1c2[nH]c(c1C)/C=C1N=C(/C(CCONC(CC(=O)O)C(=O)O)=c3\[nH]/c(c(C)c3C(=O)O)=C\C3N/C(=C\2)C(C)=C3CC)C(CCC(=O)O)C\1C. The number of aliphatic imine (C=N–C) groups is 1. The first-order chi connectivity index (χ1) is 24.7. The van der Waals surface area contributed by atoms with E-state index in [1.54, 1.807) is 13.0 Å². The number of allylic oxidation sites excluding steroid dienone is 2. The van der Waals surface area contributed by atoms with Crippen molar-refractivity contribution in [2.45, 2.75) is 78.8 Å². The molecule has 0 fully saturated rings. The monoisotopic (exact) mass is 715 g/mol. The normalized spacial score (nSPS) is 23.8. The number of rotatable bonds is 14. The summed E-state index contributed by atoms with van der Waals surface area (Å²) in [7, 11) is 0. The molecule has 2 aromatic heterocycles. The van der Waals surface area contributed by atoms with Crippen LogP contribution in [0.4, 0.5) is 0 Å². The topological polar surface area (TPSA) is 226 Å². The molecule has 5 heterocycles. The lowest BCUT2D eigenvalue weighted by molar-refractivity contribution is -0.150. The molecule has 0 saturated carbocycles. The summed E-state index contributed by atoms with van der Waals surface area (Å²) in [5.41, 5.74) is 11.1. The fourth-order valence-corrected chi connectivity index (χ4v) is 7.39. The standard InChI is InChI=1S/C38H45N5O9/c1-7-21-17(3)25-13-27-19(5)23(9-10-32(44)45)35(41-27)24(11-12-52-43-31(37(48)49)16-33(46)47)36-34(38(50)51)20(6)28(42-36)15-30-22(8-2)18(4)26(40-30)14-29(21)39-25/h7,13-15,19,23,30-31,39-40,42-43H,1,8-12,16H2,2-6H3,(H,44,45)(H,46,47)(H,48,49)(H,50,51)/b26-14-,27-13-,28-15-,36-24-. The molecule has 0 radical (unpaired) electrons. The molecule has 4 unspecified atom stereocenters. The van der Waals surface area contributed by atoms with Gasteiger partial charge in [0.05, 0.1) is 30.0 Å². The molecule has 276 valence electrons. The molecule has 4 atom stereocenters. The largest absolute Gasteiger partial charge is 0.481 e. The van der Waals surface area contributed by atoms with Crippen LogP contribution in [0.5, 0.6) is 0 Å². The highest BCUT2D eigenvalue weighted by atomic mass is 16.6. The first-order valence-corrected chi connectivity index (χ1v) is 17.2. The van der Waals surface area contributed by atoms with Crippen LogP contribution >= 0.6 is 0 Å². The predicted octanol–water partition coefficient (Wildman–Crippen LogP) is 3.74. The number of nitrogens with zero attached hydrogens (tertiary/aromatic N) is 1. The number of fused-ring (bicyclic) bond motifs is 7. The number of hydroxylamine groups is 1. The Kier molecular flexibility index (Phi) is 11.2. The van der Waals surface area contributed by atoms with Crippen LogP contribution in [0, 0.1) is 25.7 Å². The van der Waals surface area contributed by atoms with E-state index < -0.39 is 42.3 Å². The van der Waals surface area contributed by atoms with Gasteiger partial charge < -0.3 is 40.5 Å². The zero-order valence-corrected chi connectivity index (χ0v) is 29.8. The third-order valence-electron chi connectivity index (χ3n) is 10.2. The summed E-state index contributed by atoms with van der Waals surface area (Å²) in [4.78, 5) is 65.2. The van der Waals surface area contributed by atoms with Gasteiger partial charge in [-0.1, -0.05) is 26.5 Å². The molecule has 3 aliphatic heterocycles. The summed E-state index contributed by atoms with van der Waals surface area (Å²) in [5, 5.41) is 43.4. The molecule has 2 aromatic rings. The van der Waals surface area contributed by atoms with Crippen LogP contribution in [0.2, 0.25) is 0 Å². The van der Waals surface area contributed by atoms with E-state index in [1.165, 1.54) is 0 Å². The molecule has 5 rings (SSSR count). The van der Waals surface area contributed by atoms with Crippen molar-refractivity contribution in [2.75, 3.05) is 6.61 Å². The minimum Gasteiger partial charge on any atom is -0.481 e. The number of hydrogen-bond acceptors (Lipinski definition) is 8. The number of hydrogen-bond donors (Lipinski definition) is 8. The number of carboxylic acids is 4. The zero-order valence-electron chi connectivity index (χ0n) is 29.8. The number of aromatic amines is 2. The van der Waals surface area contributed by atoms with E-state index in [1.807, 2.05) is 26.0 Å². The number of aromatic carboxylic acids is 1. The maximum atomic E-state index is 13.0. The average Bonchev–Trinajstić information content (AvgIpc) is 3.75. The van der Waals surface area contributed by atoms with Gasteiger partial charge in [0.1, 0.15) is 6.04 Å². The quantitative estimate of drug-likeness (QED) is 0.104. The summed E-state index contributed by atoms with van der Waals surface area (Å²) in [6.07, 6.45) is 7.85. The van der Waals surface area contributed by atoms with Gasteiger partial charge in [-0.15, -0.1) is 0 Å². The summed E-state index contributed by atoms with van der Waals surface area (Å²) in [5.74, 6) is -5.61. The number of aliphatic carboxylic acids is 3. The Balaban J connectivity index is 1.79. The minimum atomic E-state index is -1.53. The molecule has 52 heavy (non-hydrogen) atoms. The number of nitrogens with one attached hydrogen (secondary N) is 4. The smallest absolute Gasteiger partial charge is 0.338 e. The van der Waals surface area contributed by atoms with E-state index in [0.717, 1.165) is 45.8 Å². The second-order valence-electron chi connectivity index (χ2n) is 13.3. The van der Waals surface area contributed by atoms with Gasteiger partial charge in [0, 0.05) is 69.7 Å². The van der Waals surface area contributed by atoms with Crippen molar-refractivity contribution in [3.63, 3.8) is 0 Å². The molecule has 0 aliphatic carbocycles. The van der Waals surface area contributed by atoms with Gasteiger partial charge in [-0.3, -0.25) is 19.4 Å². The predicted molar refractivity (Wildman–Crippen MR) is 195 cm³/mol. The van der Waals surface area contributed by atoms with Gasteiger partial charge in [0.15, 0.2) is 0 Å². The van der Waals surface area contributed by atoms with E-state index in [0.29, 0.717) is 27.9 Å². The van der Waals surface area contributed by atoms with Crippen LogP contribution in [0.3, 0.4) is 0 Å². The second kappa shape index (κ2) is 15.4. The number of H-pyrrole nitrogens is 2. The Morgan fingerprint density at radius 2 is 1.77 bits per heavy atom. The Bertz CT molecular complexity index is 2090. The highest BCUT2D eigenvalue weighted by Gasteiger charge is 2.36. The van der Waals surface area contributed by atoms with Crippen molar-refractivity contribution in [1.29, 1.82) is 0 Å². The van der Waals surface area contributed by atoms with Crippen molar-refractivity contribution in [3.05, 3.63) is 73.5 Å². The van der Waals surface area contributed by atoms with Crippen LogP contribution in [-0.4, -0.2) is 78.7 Å². The number of carboxylic acid groups (broad SMARTS) is 4. The van der Waals surface area contributed by atoms with Crippen molar-refractivity contribution in [2.24, 2.45) is 16.8 Å². The van der Waals surface area contributed by atoms with Gasteiger partial charge in [-0.25, -0.2) is 4.79 Å². The van der Waals surface area contributed by atoms with Gasteiger partial charge in [-0.05, 0) is 74.1 Å². The Labute approximate surface area is 300 Å². The maximum absolute atomic E-state index is 13.0. The van der Waals surface area contributed by atoms with Crippen LogP contribution < -0.4 is 21.5 Å². The van der Waals surface area contributed by atoms with Gasteiger partial charge in [0.25, 0.3) is 0 Å². The van der Waals surface area contributed by atoms with E-state index in [9.17, 15) is 34.5 Å². The van der Waals surface area contributed by atoms with E-state index in [-0.39, 0.29) is 48.7 Å². The third-order valence-corrected chi connectivity index (χ3v) is 10.2. The average molecular weight is 716 g/mol. The summed E-state index contributed by atoms with van der Waals surface area (Å²) >= 11 is 0. The maximum Gasteiger partial charge on any atom is 0.338 e. The van der Waals surface area contributed by atoms with Crippen molar-refractivity contribution < 1.29 is 44.4 Å². The molecule has 14 heteroatoms. The van der Waals surface area contributed by atoms with Crippen molar-refractivity contribution in [3.8, 4) is 0 Å². The Morgan fingerprint density at radius 3 is 2.38 bits per heavy atom.